The summed E-state index contributed by atoms with van der Waals surface area (Å²) in [5.74, 6) is 0. The number of aliphatic hydroxyl groups is 3. The molecule has 0 aliphatic carbocycles. The average Bonchev–Trinajstić information content (AvgIpc) is 2.54. The van der Waals surface area contributed by atoms with Gasteiger partial charge in [-0.05, 0) is 5.56 Å². The highest BCUT2D eigenvalue weighted by atomic mass is 32.3. The third-order valence-electron chi connectivity index (χ3n) is 3.29. The van der Waals surface area contributed by atoms with Crippen LogP contribution in [0, 0.1) is 0 Å². The summed E-state index contributed by atoms with van der Waals surface area (Å²) in [5, 5.41) is 28.8. The van der Waals surface area contributed by atoms with Crippen molar-refractivity contribution in [3.8, 4) is 0 Å². The largest absolute Gasteiger partial charge is 0.397 e. The number of hydrogen-bond donors (Lipinski definition) is 4. The van der Waals surface area contributed by atoms with E-state index in [-0.39, 0.29) is 6.61 Å². The lowest BCUT2D eigenvalue weighted by Crippen LogP contribution is -2.60. The molecule has 1 aromatic carbocycles. The van der Waals surface area contributed by atoms with Crippen molar-refractivity contribution in [3.05, 3.63) is 35.9 Å². The van der Waals surface area contributed by atoms with E-state index in [9.17, 15) is 18.6 Å². The predicted octanol–water partition coefficient (Wildman–Crippen LogP) is -1.24. The highest BCUT2D eigenvalue weighted by Crippen LogP contribution is 2.25. The first-order chi connectivity index (χ1) is 11.3. The average molecular weight is 366 g/mol. The Labute approximate surface area is 138 Å². The molecule has 1 saturated heterocycles. The summed E-state index contributed by atoms with van der Waals surface area (Å²) < 4.78 is 39.9. The van der Waals surface area contributed by atoms with Crippen LogP contribution in [0.4, 0.5) is 0 Å². The molecule has 11 heteroatoms. The van der Waals surface area contributed by atoms with E-state index in [4.69, 9.17) is 24.2 Å². The summed E-state index contributed by atoms with van der Waals surface area (Å²) in [6, 6.07) is 8.82. The molecule has 5 atom stereocenters. The first-order valence-corrected chi connectivity index (χ1v) is 8.28. The molecule has 0 amide bonds. The molecule has 1 fully saturated rings. The molecule has 0 bridgehead atoms. The van der Waals surface area contributed by atoms with E-state index in [0.717, 1.165) is 5.56 Å². The molecule has 1 aromatic rings. The van der Waals surface area contributed by atoms with Crippen molar-refractivity contribution in [2.75, 3.05) is 6.61 Å². The third-order valence-corrected chi connectivity index (χ3v) is 3.75. The van der Waals surface area contributed by atoms with Crippen LogP contribution in [-0.4, -0.2) is 65.6 Å². The molecule has 0 spiro atoms. The van der Waals surface area contributed by atoms with Gasteiger partial charge in [0, 0.05) is 0 Å². The lowest BCUT2D eigenvalue weighted by molar-refractivity contribution is -0.428. The zero-order valence-corrected chi connectivity index (χ0v) is 13.2. The molecule has 1 heterocycles. The van der Waals surface area contributed by atoms with Crippen LogP contribution in [-0.2, 0) is 35.7 Å². The van der Waals surface area contributed by atoms with Crippen LogP contribution in [0.2, 0.25) is 0 Å². The molecule has 1 aliphatic rings. The Hall–Kier alpha value is -1.15. The van der Waals surface area contributed by atoms with Gasteiger partial charge in [-0.15, -0.1) is 0 Å². The van der Waals surface area contributed by atoms with Crippen LogP contribution in [0.1, 0.15) is 5.56 Å². The highest BCUT2D eigenvalue weighted by Gasteiger charge is 2.48. The summed E-state index contributed by atoms with van der Waals surface area (Å²) in [5.41, 5.74) is 0.736. The fourth-order valence-corrected chi connectivity index (χ4v) is 2.61. The minimum atomic E-state index is -4.96. The summed E-state index contributed by atoms with van der Waals surface area (Å²) in [7, 11) is -4.96. The number of hydrogen-bond acceptors (Lipinski definition) is 9. The van der Waals surface area contributed by atoms with Crippen LogP contribution in [0.5, 0.6) is 0 Å². The van der Waals surface area contributed by atoms with Gasteiger partial charge in [0.2, 0.25) is 6.29 Å². The zero-order chi connectivity index (χ0) is 17.7. The van der Waals surface area contributed by atoms with E-state index >= 15 is 0 Å². The fourth-order valence-electron chi connectivity index (χ4n) is 2.12. The van der Waals surface area contributed by atoms with Gasteiger partial charge in [-0.3, -0.25) is 4.55 Å². The van der Waals surface area contributed by atoms with E-state index in [1.807, 2.05) is 0 Å². The summed E-state index contributed by atoms with van der Waals surface area (Å²) in [6.45, 7) is -0.697. The van der Waals surface area contributed by atoms with Crippen molar-refractivity contribution in [3.63, 3.8) is 0 Å². The van der Waals surface area contributed by atoms with Gasteiger partial charge >= 0.3 is 10.4 Å². The molecule has 10 nitrogen and oxygen atoms in total. The molecule has 0 radical (unpaired) electrons. The molecule has 1 aliphatic heterocycles. The van der Waals surface area contributed by atoms with E-state index in [1.165, 1.54) is 0 Å². The minimum Gasteiger partial charge on any atom is -0.394 e. The second kappa shape index (κ2) is 8.29. The zero-order valence-electron chi connectivity index (χ0n) is 12.3. The van der Waals surface area contributed by atoms with Gasteiger partial charge in [0.05, 0.1) is 6.61 Å². The molecule has 0 aromatic heterocycles. The van der Waals surface area contributed by atoms with Gasteiger partial charge < -0.3 is 20.1 Å². The van der Waals surface area contributed by atoms with E-state index in [1.54, 1.807) is 30.3 Å². The fraction of sp³-hybridized carbons (Fsp3) is 0.538. The van der Waals surface area contributed by atoms with Gasteiger partial charge in [-0.25, -0.2) is 14.0 Å². The smallest absolute Gasteiger partial charge is 0.394 e. The molecule has 0 unspecified atom stereocenters. The molecular formula is C13H18O10S. The number of aliphatic hydroxyl groups excluding tert-OH is 3. The second-order valence-electron chi connectivity index (χ2n) is 5.04. The molecule has 2 rings (SSSR count). The van der Waals surface area contributed by atoms with E-state index < -0.39 is 47.7 Å². The number of benzene rings is 1. The maximum Gasteiger partial charge on any atom is 0.397 e. The number of rotatable bonds is 7. The lowest BCUT2D eigenvalue weighted by Gasteiger charge is -2.39. The van der Waals surface area contributed by atoms with Crippen molar-refractivity contribution >= 4 is 10.4 Å². The van der Waals surface area contributed by atoms with Crippen molar-refractivity contribution in [2.45, 2.75) is 37.3 Å². The van der Waals surface area contributed by atoms with Gasteiger partial charge in [-0.2, -0.15) is 8.42 Å². The Kier molecular flexibility index (Phi) is 6.62. The topological polar surface area (TPSA) is 152 Å². The maximum atomic E-state index is 10.9. The summed E-state index contributed by atoms with van der Waals surface area (Å²) >= 11 is 0. The summed E-state index contributed by atoms with van der Waals surface area (Å²) in [6.07, 6.45) is -8.15. The minimum absolute atomic E-state index is 0.0261. The van der Waals surface area contributed by atoms with Gasteiger partial charge in [0.25, 0.3) is 0 Å². The Morgan fingerprint density at radius 1 is 1.12 bits per heavy atom. The molecular weight excluding hydrogens is 348 g/mol. The van der Waals surface area contributed by atoms with Crippen LogP contribution >= 0.6 is 0 Å². The summed E-state index contributed by atoms with van der Waals surface area (Å²) in [4.78, 5) is 9.82. The molecule has 24 heavy (non-hydrogen) atoms. The van der Waals surface area contributed by atoms with Gasteiger partial charge in [0.15, 0.2) is 6.10 Å². The van der Waals surface area contributed by atoms with Crippen molar-refractivity contribution in [1.29, 1.82) is 0 Å². The molecule has 136 valence electrons. The SMILES string of the molecule is O=S(=O)(O)O[C@H]1[C@H](OOCc2ccccc2)O[C@H](CO)[C@@H](O)[C@@H]1O. The Balaban J connectivity index is 2.03. The van der Waals surface area contributed by atoms with Crippen LogP contribution < -0.4 is 0 Å². The van der Waals surface area contributed by atoms with Crippen molar-refractivity contribution in [2.24, 2.45) is 0 Å². The quantitative estimate of drug-likeness (QED) is 0.262. The Bertz CT molecular complexity index is 606. The molecule has 4 N–H and O–H groups in total. The first kappa shape index (κ1) is 19.2. The predicted molar refractivity (Wildman–Crippen MR) is 76.5 cm³/mol. The van der Waals surface area contributed by atoms with E-state index in [0.29, 0.717) is 0 Å². The second-order valence-corrected chi connectivity index (χ2v) is 6.09. The highest BCUT2D eigenvalue weighted by molar-refractivity contribution is 7.80. The third kappa shape index (κ3) is 5.17. The lowest BCUT2D eigenvalue weighted by atomic mass is 9.99. The van der Waals surface area contributed by atoms with Gasteiger partial charge in [-0.1, -0.05) is 30.3 Å². The van der Waals surface area contributed by atoms with Crippen LogP contribution in [0.3, 0.4) is 0 Å². The van der Waals surface area contributed by atoms with E-state index in [2.05, 4.69) is 4.18 Å². The van der Waals surface area contributed by atoms with Gasteiger partial charge in [0.1, 0.15) is 24.9 Å². The Morgan fingerprint density at radius 3 is 2.38 bits per heavy atom. The Morgan fingerprint density at radius 2 is 1.79 bits per heavy atom. The normalized spacial score (nSPS) is 31.1. The molecule has 0 saturated carbocycles. The van der Waals surface area contributed by atoms with Crippen molar-refractivity contribution in [1.82, 2.24) is 0 Å². The first-order valence-electron chi connectivity index (χ1n) is 6.92. The van der Waals surface area contributed by atoms with Crippen LogP contribution in [0.15, 0.2) is 30.3 Å². The number of ether oxygens (including phenoxy) is 1. The monoisotopic (exact) mass is 366 g/mol. The van der Waals surface area contributed by atoms with Crippen molar-refractivity contribution < 1.29 is 47.0 Å². The van der Waals surface area contributed by atoms with Crippen LogP contribution in [0.25, 0.3) is 0 Å². The maximum absolute atomic E-state index is 10.9. The standard InChI is InChI=1S/C13H18O10S/c14-6-9-10(15)11(16)12(23-24(17,18)19)13(21-9)22-20-7-8-4-2-1-3-5-8/h1-5,9-16H,6-7H2,(H,17,18,19)/t9-,10-,11+,12-,13+/m1/s1.